The van der Waals surface area contributed by atoms with E-state index in [0.717, 1.165) is 0 Å². The summed E-state index contributed by atoms with van der Waals surface area (Å²) in [5, 5.41) is 14.5. The van der Waals surface area contributed by atoms with E-state index < -0.39 is 5.97 Å². The van der Waals surface area contributed by atoms with Gasteiger partial charge < -0.3 is 15.7 Å². The lowest BCUT2D eigenvalue weighted by atomic mass is 10.1. The summed E-state index contributed by atoms with van der Waals surface area (Å²) in [6.07, 6.45) is 0.498. The topological polar surface area (TPSA) is 78.4 Å². The van der Waals surface area contributed by atoms with Gasteiger partial charge in [-0.15, -0.1) is 0 Å². The van der Waals surface area contributed by atoms with Gasteiger partial charge >= 0.3 is 5.97 Å². The molecule has 0 heterocycles. The van der Waals surface area contributed by atoms with Gasteiger partial charge in [0.05, 0.1) is 0 Å². The van der Waals surface area contributed by atoms with Crippen LogP contribution in [-0.2, 0) is 9.59 Å². The molecule has 0 aliphatic carbocycles. The Hall–Kier alpha value is -1.10. The smallest absolute Gasteiger partial charge is 0.303 e. The van der Waals surface area contributed by atoms with Crippen molar-refractivity contribution >= 4 is 11.9 Å². The van der Waals surface area contributed by atoms with Crippen molar-refractivity contribution < 1.29 is 14.7 Å². The monoisotopic (exact) mass is 244 g/mol. The van der Waals surface area contributed by atoms with Gasteiger partial charge in [0, 0.05) is 31.5 Å². The zero-order valence-corrected chi connectivity index (χ0v) is 11.2. The van der Waals surface area contributed by atoms with Crippen molar-refractivity contribution in [3.8, 4) is 0 Å². The molecule has 0 radical (unpaired) electrons. The minimum Gasteiger partial charge on any atom is -0.481 e. The van der Waals surface area contributed by atoms with Gasteiger partial charge in [-0.2, -0.15) is 0 Å². The fraction of sp³-hybridized carbons (Fsp3) is 0.833. The first kappa shape index (κ1) is 15.9. The first-order valence-electron chi connectivity index (χ1n) is 5.94. The molecule has 0 spiro atoms. The van der Waals surface area contributed by atoms with Crippen molar-refractivity contribution in [2.24, 2.45) is 5.92 Å². The predicted octanol–water partition coefficient (Wildman–Crippen LogP) is 0.992. The first-order valence-corrected chi connectivity index (χ1v) is 5.94. The first-order chi connectivity index (χ1) is 7.70. The highest BCUT2D eigenvalue weighted by Gasteiger charge is 2.11. The van der Waals surface area contributed by atoms with Gasteiger partial charge in [-0.1, -0.05) is 6.92 Å². The van der Waals surface area contributed by atoms with Crippen LogP contribution in [0.2, 0.25) is 0 Å². The largest absolute Gasteiger partial charge is 0.481 e. The van der Waals surface area contributed by atoms with Crippen LogP contribution in [0.25, 0.3) is 0 Å². The van der Waals surface area contributed by atoms with Gasteiger partial charge in [-0.05, 0) is 26.7 Å². The Kier molecular flexibility index (Phi) is 6.80. The predicted molar refractivity (Wildman–Crippen MR) is 66.8 cm³/mol. The summed E-state index contributed by atoms with van der Waals surface area (Å²) in [7, 11) is 0. The van der Waals surface area contributed by atoms with Crippen LogP contribution in [0.15, 0.2) is 0 Å². The second-order valence-corrected chi connectivity index (χ2v) is 5.43. The molecule has 0 bridgehead atoms. The van der Waals surface area contributed by atoms with E-state index in [2.05, 4.69) is 10.6 Å². The van der Waals surface area contributed by atoms with E-state index in [1.165, 1.54) is 0 Å². The molecular weight excluding hydrogens is 220 g/mol. The summed E-state index contributed by atoms with van der Waals surface area (Å²) >= 11 is 0. The Balaban J connectivity index is 3.63. The summed E-state index contributed by atoms with van der Waals surface area (Å²) in [5.74, 6) is -0.910. The van der Waals surface area contributed by atoms with Crippen LogP contribution in [0, 0.1) is 5.92 Å². The number of nitrogens with one attached hydrogen (secondary N) is 2. The second kappa shape index (κ2) is 7.27. The Morgan fingerprint density at radius 3 is 2.35 bits per heavy atom. The third kappa shape index (κ3) is 11.2. The minimum absolute atomic E-state index is 0.0108. The molecule has 0 aromatic carbocycles. The molecule has 0 saturated heterocycles. The molecule has 100 valence electrons. The van der Waals surface area contributed by atoms with Gasteiger partial charge in [0.1, 0.15) is 0 Å². The molecule has 0 aromatic heterocycles. The highest BCUT2D eigenvalue weighted by atomic mass is 16.4. The maximum atomic E-state index is 11.4. The molecule has 1 unspecified atom stereocenters. The van der Waals surface area contributed by atoms with Crippen LogP contribution in [0.5, 0.6) is 0 Å². The number of hydrogen-bond donors (Lipinski definition) is 3. The average Bonchev–Trinajstić information content (AvgIpc) is 2.11. The molecule has 0 saturated carbocycles. The number of carbonyl (C=O) groups is 2. The van der Waals surface area contributed by atoms with Crippen molar-refractivity contribution in [1.29, 1.82) is 0 Å². The molecule has 0 aliphatic heterocycles. The maximum Gasteiger partial charge on any atom is 0.303 e. The summed E-state index contributed by atoms with van der Waals surface area (Å²) in [5.41, 5.74) is 0.0108. The molecule has 5 heteroatoms. The van der Waals surface area contributed by atoms with Crippen molar-refractivity contribution in [3.63, 3.8) is 0 Å². The second-order valence-electron chi connectivity index (χ2n) is 5.43. The van der Waals surface area contributed by atoms with Crippen LogP contribution in [0.1, 0.15) is 40.5 Å². The van der Waals surface area contributed by atoms with E-state index in [4.69, 9.17) is 5.11 Å². The fourth-order valence-corrected chi connectivity index (χ4v) is 1.30. The average molecular weight is 244 g/mol. The zero-order valence-electron chi connectivity index (χ0n) is 11.2. The van der Waals surface area contributed by atoms with Crippen LogP contribution in [-0.4, -0.2) is 35.6 Å². The maximum absolute atomic E-state index is 11.4. The molecule has 0 aliphatic rings. The highest BCUT2D eigenvalue weighted by molar-refractivity contribution is 5.76. The third-order valence-corrected chi connectivity index (χ3v) is 2.18. The highest BCUT2D eigenvalue weighted by Crippen LogP contribution is 2.00. The van der Waals surface area contributed by atoms with Crippen LogP contribution in [0.4, 0.5) is 0 Å². The van der Waals surface area contributed by atoms with E-state index in [-0.39, 0.29) is 23.8 Å². The fourth-order valence-electron chi connectivity index (χ4n) is 1.30. The molecule has 17 heavy (non-hydrogen) atoms. The van der Waals surface area contributed by atoms with Crippen LogP contribution >= 0.6 is 0 Å². The van der Waals surface area contributed by atoms with Crippen molar-refractivity contribution in [2.45, 2.75) is 46.1 Å². The van der Waals surface area contributed by atoms with Gasteiger partial charge in [0.25, 0.3) is 0 Å². The summed E-state index contributed by atoms with van der Waals surface area (Å²) in [4.78, 5) is 21.8. The van der Waals surface area contributed by atoms with Crippen molar-refractivity contribution in [1.82, 2.24) is 10.6 Å². The van der Waals surface area contributed by atoms with E-state index in [1.807, 2.05) is 27.7 Å². The number of carboxylic acid groups (broad SMARTS) is 1. The number of rotatable bonds is 7. The normalized spacial score (nSPS) is 13.2. The van der Waals surface area contributed by atoms with Gasteiger partial charge in [0.15, 0.2) is 0 Å². The number of hydrogen-bond acceptors (Lipinski definition) is 3. The zero-order chi connectivity index (χ0) is 13.5. The van der Waals surface area contributed by atoms with Gasteiger partial charge in [-0.3, -0.25) is 9.59 Å². The molecule has 0 rings (SSSR count). The Morgan fingerprint density at radius 1 is 1.29 bits per heavy atom. The summed E-state index contributed by atoms with van der Waals surface area (Å²) < 4.78 is 0. The summed E-state index contributed by atoms with van der Waals surface area (Å²) in [6.45, 7) is 8.98. The summed E-state index contributed by atoms with van der Waals surface area (Å²) in [6, 6.07) is 0. The third-order valence-electron chi connectivity index (χ3n) is 2.18. The van der Waals surface area contributed by atoms with Crippen LogP contribution in [0.3, 0.4) is 0 Å². The molecule has 0 aromatic rings. The molecule has 0 fully saturated rings. The lowest BCUT2D eigenvalue weighted by Crippen LogP contribution is -2.39. The molecular formula is C12H24N2O3. The number of aliphatic carboxylic acids is 1. The van der Waals surface area contributed by atoms with E-state index >= 15 is 0 Å². The minimum atomic E-state index is -0.832. The van der Waals surface area contributed by atoms with E-state index in [1.54, 1.807) is 0 Å². The molecule has 1 amide bonds. The quantitative estimate of drug-likeness (QED) is 0.624. The Bertz CT molecular complexity index is 259. The molecule has 1 atom stereocenters. The van der Waals surface area contributed by atoms with Crippen molar-refractivity contribution in [2.75, 3.05) is 13.1 Å². The lowest BCUT2D eigenvalue weighted by Gasteiger charge is -2.20. The van der Waals surface area contributed by atoms with E-state index in [0.29, 0.717) is 19.5 Å². The number of carboxylic acids is 1. The standard InChI is InChI=1S/C12H24N2O3/c1-9(7-11(16)17)8-13-10(15)5-6-14-12(2,3)4/h9,14H,5-8H2,1-4H3,(H,13,15)(H,16,17). The Morgan fingerprint density at radius 2 is 1.88 bits per heavy atom. The van der Waals surface area contributed by atoms with E-state index in [9.17, 15) is 9.59 Å². The van der Waals surface area contributed by atoms with Crippen molar-refractivity contribution in [3.05, 3.63) is 0 Å². The lowest BCUT2D eigenvalue weighted by molar-refractivity contribution is -0.138. The van der Waals surface area contributed by atoms with Gasteiger partial charge in [-0.25, -0.2) is 0 Å². The molecule has 5 nitrogen and oxygen atoms in total. The number of amides is 1. The Labute approximate surface area is 103 Å². The number of carbonyl (C=O) groups excluding carboxylic acids is 1. The molecule has 3 N–H and O–H groups in total. The SMILES string of the molecule is CC(CNC(=O)CCNC(C)(C)C)CC(=O)O. The van der Waals surface area contributed by atoms with Gasteiger partial charge in [0.2, 0.25) is 5.91 Å². The van der Waals surface area contributed by atoms with Crippen LogP contribution < -0.4 is 10.6 Å².